The van der Waals surface area contributed by atoms with Gasteiger partial charge in [0, 0.05) is 38.6 Å². The fourth-order valence-electron chi connectivity index (χ4n) is 2.33. The molecule has 5 nitrogen and oxygen atoms in total. The third kappa shape index (κ3) is 3.71. The van der Waals surface area contributed by atoms with E-state index in [4.69, 9.17) is 4.74 Å². The molecule has 110 valence electrons. The summed E-state index contributed by atoms with van der Waals surface area (Å²) in [6, 6.07) is 6.40. The zero-order valence-electron chi connectivity index (χ0n) is 12.6. The van der Waals surface area contributed by atoms with Gasteiger partial charge in [-0.1, -0.05) is 0 Å². The van der Waals surface area contributed by atoms with E-state index in [0.717, 1.165) is 38.5 Å². The smallest absolute Gasteiger partial charge is 0.0642 e. The second-order valence-electron chi connectivity index (χ2n) is 4.89. The first-order valence-corrected chi connectivity index (χ1v) is 7.11. The average Bonchev–Trinajstić information content (AvgIpc) is 3.02. The van der Waals surface area contributed by atoms with Gasteiger partial charge in [0.25, 0.3) is 0 Å². The van der Waals surface area contributed by atoms with Crippen LogP contribution in [0.4, 0.5) is 0 Å². The number of nitrogens with one attached hydrogen (secondary N) is 1. The molecule has 0 bridgehead atoms. The topological polar surface area (TPSA) is 44.0 Å². The molecular weight excluding hydrogens is 252 g/mol. The Morgan fingerprint density at radius 3 is 2.95 bits per heavy atom. The van der Waals surface area contributed by atoms with E-state index in [1.807, 2.05) is 6.92 Å². The molecule has 0 spiro atoms. The van der Waals surface area contributed by atoms with Crippen LogP contribution in [-0.2, 0) is 24.4 Å². The molecule has 0 radical (unpaired) electrons. The highest BCUT2D eigenvalue weighted by Gasteiger charge is 2.07. The fraction of sp³-hybridized carbons (Fsp3) is 0.533. The Morgan fingerprint density at radius 2 is 2.20 bits per heavy atom. The maximum atomic E-state index is 5.04. The quantitative estimate of drug-likeness (QED) is 0.748. The summed E-state index contributed by atoms with van der Waals surface area (Å²) >= 11 is 0. The molecule has 2 rings (SSSR count). The van der Waals surface area contributed by atoms with Crippen molar-refractivity contribution in [2.24, 2.45) is 0 Å². The van der Waals surface area contributed by atoms with Crippen molar-refractivity contribution in [2.75, 3.05) is 20.3 Å². The molecule has 0 aliphatic heterocycles. The maximum absolute atomic E-state index is 5.04. The van der Waals surface area contributed by atoms with E-state index in [1.165, 1.54) is 11.4 Å². The van der Waals surface area contributed by atoms with Gasteiger partial charge in [-0.15, -0.1) is 0 Å². The summed E-state index contributed by atoms with van der Waals surface area (Å²) in [6.07, 6.45) is 2.12. The van der Waals surface area contributed by atoms with Crippen molar-refractivity contribution in [1.29, 1.82) is 0 Å². The van der Waals surface area contributed by atoms with Gasteiger partial charge >= 0.3 is 0 Å². The van der Waals surface area contributed by atoms with Crippen molar-refractivity contribution in [2.45, 2.75) is 33.5 Å². The lowest BCUT2D eigenvalue weighted by Crippen LogP contribution is -2.20. The largest absolute Gasteiger partial charge is 0.383 e. The van der Waals surface area contributed by atoms with Gasteiger partial charge in [0.2, 0.25) is 0 Å². The van der Waals surface area contributed by atoms with Gasteiger partial charge in [-0.2, -0.15) is 5.10 Å². The normalized spacial score (nSPS) is 11.2. The Kier molecular flexibility index (Phi) is 5.38. The van der Waals surface area contributed by atoms with Crippen molar-refractivity contribution in [3.63, 3.8) is 0 Å². The molecule has 0 aliphatic rings. The summed E-state index contributed by atoms with van der Waals surface area (Å²) in [4.78, 5) is 0. The van der Waals surface area contributed by atoms with Crippen LogP contribution in [0.15, 0.2) is 24.4 Å². The van der Waals surface area contributed by atoms with E-state index in [9.17, 15) is 0 Å². The van der Waals surface area contributed by atoms with E-state index < -0.39 is 0 Å². The molecule has 0 amide bonds. The van der Waals surface area contributed by atoms with Crippen molar-refractivity contribution in [3.8, 4) is 0 Å². The summed E-state index contributed by atoms with van der Waals surface area (Å²) in [7, 11) is 1.72. The fourth-order valence-corrected chi connectivity index (χ4v) is 2.33. The van der Waals surface area contributed by atoms with Crippen LogP contribution in [0.3, 0.4) is 0 Å². The Morgan fingerprint density at radius 1 is 1.35 bits per heavy atom. The van der Waals surface area contributed by atoms with E-state index in [-0.39, 0.29) is 0 Å². The number of rotatable bonds is 8. The standard InChI is InChI=1S/C15H24N4O/c1-4-19-15(10-13(2)17-19)12-18-8-5-6-14(18)11-16-7-9-20-3/h5-6,8,10,16H,4,7,9,11-12H2,1-3H3. The molecule has 2 aromatic rings. The number of hydrogen-bond donors (Lipinski definition) is 1. The second-order valence-corrected chi connectivity index (χ2v) is 4.89. The first kappa shape index (κ1) is 14.8. The average molecular weight is 276 g/mol. The zero-order chi connectivity index (χ0) is 14.4. The highest BCUT2D eigenvalue weighted by molar-refractivity contribution is 5.14. The molecule has 0 saturated heterocycles. The van der Waals surface area contributed by atoms with Crippen LogP contribution >= 0.6 is 0 Å². The molecule has 2 aromatic heterocycles. The first-order valence-electron chi connectivity index (χ1n) is 7.11. The number of hydrogen-bond acceptors (Lipinski definition) is 3. The van der Waals surface area contributed by atoms with Crippen LogP contribution in [0, 0.1) is 6.92 Å². The van der Waals surface area contributed by atoms with Gasteiger partial charge in [-0.25, -0.2) is 0 Å². The number of methoxy groups -OCH3 is 1. The lowest BCUT2D eigenvalue weighted by molar-refractivity contribution is 0.199. The highest BCUT2D eigenvalue weighted by Crippen LogP contribution is 2.10. The van der Waals surface area contributed by atoms with Crippen LogP contribution < -0.4 is 5.32 Å². The third-order valence-corrected chi connectivity index (χ3v) is 3.33. The van der Waals surface area contributed by atoms with Gasteiger partial charge in [0.05, 0.1) is 24.5 Å². The molecule has 1 N–H and O–H groups in total. The van der Waals surface area contributed by atoms with Gasteiger partial charge in [-0.3, -0.25) is 4.68 Å². The lowest BCUT2D eigenvalue weighted by atomic mass is 10.3. The van der Waals surface area contributed by atoms with Crippen LogP contribution in [-0.4, -0.2) is 34.6 Å². The van der Waals surface area contributed by atoms with Crippen molar-refractivity contribution in [1.82, 2.24) is 19.7 Å². The third-order valence-electron chi connectivity index (χ3n) is 3.33. The number of ether oxygens (including phenoxy) is 1. The Balaban J connectivity index is 2.00. The van der Waals surface area contributed by atoms with Gasteiger partial charge < -0.3 is 14.6 Å². The number of aryl methyl sites for hydroxylation is 2. The SMILES string of the molecule is CCn1nc(C)cc1Cn1cccc1CNCCOC. The minimum atomic E-state index is 0.739. The summed E-state index contributed by atoms with van der Waals surface area (Å²) in [5.41, 5.74) is 3.61. The minimum Gasteiger partial charge on any atom is -0.383 e. The lowest BCUT2D eigenvalue weighted by Gasteiger charge is -2.11. The van der Waals surface area contributed by atoms with Gasteiger partial charge in [-0.05, 0) is 32.0 Å². The minimum absolute atomic E-state index is 0.739. The zero-order valence-corrected chi connectivity index (χ0v) is 12.6. The Labute approximate surface area is 120 Å². The second kappa shape index (κ2) is 7.26. The van der Waals surface area contributed by atoms with Gasteiger partial charge in [0.1, 0.15) is 0 Å². The van der Waals surface area contributed by atoms with Crippen molar-refractivity contribution < 1.29 is 4.74 Å². The van der Waals surface area contributed by atoms with E-state index in [0.29, 0.717) is 0 Å². The van der Waals surface area contributed by atoms with Crippen LogP contribution in [0.2, 0.25) is 0 Å². The monoisotopic (exact) mass is 276 g/mol. The van der Waals surface area contributed by atoms with Crippen molar-refractivity contribution in [3.05, 3.63) is 41.5 Å². The highest BCUT2D eigenvalue weighted by atomic mass is 16.5. The molecule has 0 atom stereocenters. The number of nitrogens with zero attached hydrogens (tertiary/aromatic N) is 3. The Bertz CT molecular complexity index is 530. The first-order chi connectivity index (χ1) is 9.74. The molecule has 5 heteroatoms. The molecule has 20 heavy (non-hydrogen) atoms. The molecule has 2 heterocycles. The molecule has 0 fully saturated rings. The molecule has 0 aliphatic carbocycles. The van der Waals surface area contributed by atoms with Crippen molar-refractivity contribution >= 4 is 0 Å². The molecule has 0 unspecified atom stereocenters. The summed E-state index contributed by atoms with van der Waals surface area (Å²) in [5.74, 6) is 0. The van der Waals surface area contributed by atoms with E-state index in [1.54, 1.807) is 7.11 Å². The van der Waals surface area contributed by atoms with Crippen LogP contribution in [0.1, 0.15) is 24.0 Å². The Hall–Kier alpha value is -1.59. The number of aromatic nitrogens is 3. The van der Waals surface area contributed by atoms with Crippen LogP contribution in [0.25, 0.3) is 0 Å². The summed E-state index contributed by atoms with van der Waals surface area (Å²) < 4.78 is 9.37. The molecular formula is C15H24N4O. The van der Waals surface area contributed by atoms with Gasteiger partial charge in [0.15, 0.2) is 0 Å². The van der Waals surface area contributed by atoms with E-state index in [2.05, 4.69) is 51.0 Å². The predicted molar refractivity (Wildman–Crippen MR) is 79.8 cm³/mol. The maximum Gasteiger partial charge on any atom is 0.0642 e. The van der Waals surface area contributed by atoms with E-state index >= 15 is 0 Å². The molecule has 0 aromatic carbocycles. The summed E-state index contributed by atoms with van der Waals surface area (Å²) in [6.45, 7) is 8.40. The summed E-state index contributed by atoms with van der Waals surface area (Å²) in [5, 5.41) is 7.88. The predicted octanol–water partition coefficient (Wildman–Crippen LogP) is 1.80. The van der Waals surface area contributed by atoms with Crippen LogP contribution in [0.5, 0.6) is 0 Å². The molecule has 0 saturated carbocycles.